The number of anilines is 3. The molecule has 0 saturated heterocycles. The minimum atomic E-state index is -0.737. The first-order valence-corrected chi connectivity index (χ1v) is 11.4. The van der Waals surface area contributed by atoms with Crippen LogP contribution in [0.3, 0.4) is 0 Å². The maximum Gasteiger partial charge on any atom is 0.283 e. The van der Waals surface area contributed by atoms with Crippen LogP contribution in [0.25, 0.3) is 0 Å². The highest BCUT2D eigenvalue weighted by molar-refractivity contribution is 6.53. The van der Waals surface area contributed by atoms with Crippen molar-refractivity contribution in [1.82, 2.24) is 0 Å². The summed E-state index contributed by atoms with van der Waals surface area (Å²) in [6.45, 7) is 0. The van der Waals surface area contributed by atoms with E-state index >= 15 is 0 Å². The summed E-state index contributed by atoms with van der Waals surface area (Å²) in [6, 6.07) is 15.2. The van der Waals surface area contributed by atoms with Gasteiger partial charge in [-0.15, -0.1) is 0 Å². The molecule has 1 aliphatic rings. The van der Waals surface area contributed by atoms with Crippen molar-refractivity contribution in [1.29, 1.82) is 0 Å². The molecule has 0 saturated carbocycles. The molecule has 3 amide bonds. The summed E-state index contributed by atoms with van der Waals surface area (Å²) >= 11 is 30.1. The van der Waals surface area contributed by atoms with E-state index in [0.29, 0.717) is 21.4 Å². The van der Waals surface area contributed by atoms with Gasteiger partial charge >= 0.3 is 0 Å². The first-order valence-electron chi connectivity index (χ1n) is 9.51. The molecule has 34 heavy (non-hydrogen) atoms. The SMILES string of the molecule is O=C(Nc1cc(Cl)cc(Cl)c1)c1cccc(NC2=C(Cl)C(=O)N(c3cc(Cl)cc(Cl)c3)C2=O)c1. The van der Waals surface area contributed by atoms with Gasteiger partial charge in [-0.05, 0) is 54.6 Å². The number of rotatable bonds is 5. The van der Waals surface area contributed by atoms with E-state index in [2.05, 4.69) is 10.6 Å². The maximum atomic E-state index is 13.0. The van der Waals surface area contributed by atoms with Crippen molar-refractivity contribution in [3.05, 3.63) is 97.0 Å². The number of nitrogens with zero attached hydrogens (tertiary/aromatic N) is 1. The second-order valence-corrected chi connectivity index (χ2v) is 9.20. The lowest BCUT2D eigenvalue weighted by Crippen LogP contribution is -2.32. The second-order valence-electron chi connectivity index (χ2n) is 7.08. The number of hydrogen-bond donors (Lipinski definition) is 2. The molecule has 0 fully saturated rings. The predicted molar refractivity (Wildman–Crippen MR) is 136 cm³/mol. The molecule has 6 nitrogen and oxygen atoms in total. The number of imide groups is 1. The highest BCUT2D eigenvalue weighted by Gasteiger charge is 2.39. The van der Waals surface area contributed by atoms with E-state index in [1.54, 1.807) is 36.4 Å². The number of benzene rings is 3. The van der Waals surface area contributed by atoms with Gasteiger partial charge in [0.05, 0.1) is 5.69 Å². The molecular formula is C23H12Cl5N3O3. The number of carbonyl (C=O) groups is 3. The third-order valence-corrected chi connectivity index (χ3v) is 5.87. The van der Waals surface area contributed by atoms with Crippen LogP contribution in [0, 0.1) is 0 Å². The van der Waals surface area contributed by atoms with Crippen LogP contribution < -0.4 is 15.5 Å². The maximum absolute atomic E-state index is 13.0. The van der Waals surface area contributed by atoms with Crippen molar-refractivity contribution in [3.63, 3.8) is 0 Å². The van der Waals surface area contributed by atoms with Crippen molar-refractivity contribution < 1.29 is 14.4 Å². The van der Waals surface area contributed by atoms with Gasteiger partial charge in [0.2, 0.25) is 0 Å². The van der Waals surface area contributed by atoms with Gasteiger partial charge in [0.1, 0.15) is 10.7 Å². The Morgan fingerprint density at radius 3 is 1.91 bits per heavy atom. The van der Waals surface area contributed by atoms with Crippen molar-refractivity contribution in [2.45, 2.75) is 0 Å². The molecule has 0 atom stereocenters. The lowest BCUT2D eigenvalue weighted by molar-refractivity contribution is -0.120. The zero-order chi connectivity index (χ0) is 24.6. The molecule has 0 radical (unpaired) electrons. The van der Waals surface area contributed by atoms with Crippen molar-refractivity contribution in [2.75, 3.05) is 15.5 Å². The lowest BCUT2D eigenvalue weighted by Gasteiger charge is -2.16. The number of halogens is 5. The zero-order valence-electron chi connectivity index (χ0n) is 16.8. The number of amides is 3. The van der Waals surface area contributed by atoms with E-state index in [1.165, 1.54) is 24.3 Å². The molecule has 3 aromatic carbocycles. The molecule has 1 heterocycles. The Hall–Kier alpha value is -2.74. The largest absolute Gasteiger partial charge is 0.350 e. The van der Waals surface area contributed by atoms with Gasteiger partial charge in [0.25, 0.3) is 17.7 Å². The van der Waals surface area contributed by atoms with E-state index < -0.39 is 17.7 Å². The topological polar surface area (TPSA) is 78.5 Å². The Labute approximate surface area is 219 Å². The Morgan fingerprint density at radius 1 is 0.706 bits per heavy atom. The number of hydrogen-bond acceptors (Lipinski definition) is 4. The summed E-state index contributed by atoms with van der Waals surface area (Å²) in [5.41, 5.74) is 1.07. The van der Waals surface area contributed by atoms with Gasteiger partial charge in [-0.25, -0.2) is 4.90 Å². The summed E-state index contributed by atoms with van der Waals surface area (Å²) in [5.74, 6) is -1.87. The van der Waals surface area contributed by atoms with Crippen molar-refractivity contribution in [2.24, 2.45) is 0 Å². The molecule has 0 unspecified atom stereocenters. The molecule has 0 aliphatic carbocycles. The predicted octanol–water partition coefficient (Wildman–Crippen LogP) is 6.99. The van der Waals surface area contributed by atoms with Gasteiger partial charge in [-0.3, -0.25) is 14.4 Å². The number of carbonyl (C=O) groups excluding carboxylic acids is 3. The molecule has 0 aromatic heterocycles. The van der Waals surface area contributed by atoms with E-state index in [4.69, 9.17) is 58.0 Å². The molecule has 0 bridgehead atoms. The highest BCUT2D eigenvalue weighted by atomic mass is 35.5. The Morgan fingerprint density at radius 2 is 1.29 bits per heavy atom. The fourth-order valence-corrected chi connectivity index (χ4v) is 4.48. The molecule has 1 aliphatic heterocycles. The zero-order valence-corrected chi connectivity index (χ0v) is 20.6. The lowest BCUT2D eigenvalue weighted by atomic mass is 10.1. The van der Waals surface area contributed by atoms with E-state index in [0.717, 1.165) is 4.90 Å². The Balaban J connectivity index is 1.56. The van der Waals surface area contributed by atoms with Gasteiger partial charge in [0, 0.05) is 37.0 Å². The van der Waals surface area contributed by atoms with Crippen LogP contribution in [0.4, 0.5) is 17.1 Å². The standard InChI is InChI=1S/C23H12Cl5N3O3/c24-12-5-13(25)8-17(7-12)30-21(32)11-2-1-3-16(4-11)29-20-19(28)22(33)31(23(20)34)18-9-14(26)6-15(27)10-18/h1-10,29H,(H,30,32). The fraction of sp³-hybridized carbons (Fsp3) is 0. The van der Waals surface area contributed by atoms with Crippen LogP contribution in [-0.4, -0.2) is 17.7 Å². The summed E-state index contributed by atoms with van der Waals surface area (Å²) in [7, 11) is 0. The minimum absolute atomic E-state index is 0.151. The smallest absolute Gasteiger partial charge is 0.283 e. The second kappa shape index (κ2) is 9.86. The van der Waals surface area contributed by atoms with E-state index in [9.17, 15) is 14.4 Å². The van der Waals surface area contributed by atoms with Gasteiger partial charge in [-0.2, -0.15) is 0 Å². The summed E-state index contributed by atoms with van der Waals surface area (Å²) in [5, 5.41) is 6.45. The Bertz CT molecular complexity index is 1350. The quantitative estimate of drug-likeness (QED) is 0.333. The van der Waals surface area contributed by atoms with Crippen molar-refractivity contribution in [3.8, 4) is 0 Å². The van der Waals surface area contributed by atoms with Crippen LogP contribution in [-0.2, 0) is 9.59 Å². The van der Waals surface area contributed by atoms with Gasteiger partial charge < -0.3 is 10.6 Å². The van der Waals surface area contributed by atoms with Crippen LogP contribution >= 0.6 is 58.0 Å². The molecule has 4 rings (SSSR count). The van der Waals surface area contributed by atoms with E-state index in [-0.39, 0.29) is 32.0 Å². The first-order chi connectivity index (χ1) is 16.1. The van der Waals surface area contributed by atoms with Crippen LogP contribution in [0.1, 0.15) is 10.4 Å². The van der Waals surface area contributed by atoms with Gasteiger partial charge in [-0.1, -0.05) is 64.1 Å². The molecule has 2 N–H and O–H groups in total. The monoisotopic (exact) mass is 553 g/mol. The highest BCUT2D eigenvalue weighted by Crippen LogP contribution is 2.33. The van der Waals surface area contributed by atoms with Gasteiger partial charge in [0.15, 0.2) is 0 Å². The summed E-state index contributed by atoms with van der Waals surface area (Å²) < 4.78 is 0. The van der Waals surface area contributed by atoms with Crippen LogP contribution in [0.15, 0.2) is 71.4 Å². The first kappa shape index (κ1) is 24.4. The third kappa shape index (κ3) is 5.17. The minimum Gasteiger partial charge on any atom is -0.350 e. The van der Waals surface area contributed by atoms with Crippen LogP contribution in [0.2, 0.25) is 20.1 Å². The molecule has 3 aromatic rings. The summed E-state index contributed by atoms with van der Waals surface area (Å²) in [4.78, 5) is 39.2. The molecule has 172 valence electrons. The third-order valence-electron chi connectivity index (χ3n) is 4.65. The molecular weight excluding hydrogens is 544 g/mol. The molecule has 0 spiro atoms. The summed E-state index contributed by atoms with van der Waals surface area (Å²) in [6.07, 6.45) is 0. The normalized spacial score (nSPS) is 13.5. The van der Waals surface area contributed by atoms with Crippen LogP contribution in [0.5, 0.6) is 0 Å². The fourth-order valence-electron chi connectivity index (χ4n) is 3.23. The van der Waals surface area contributed by atoms with E-state index in [1.807, 2.05) is 0 Å². The number of nitrogens with one attached hydrogen (secondary N) is 2. The van der Waals surface area contributed by atoms with Crippen molar-refractivity contribution >= 4 is 92.8 Å². The Kier molecular flexibility index (Phi) is 7.07. The molecule has 11 heteroatoms. The average Bonchev–Trinajstić information content (AvgIpc) is 2.95. The average molecular weight is 556 g/mol.